The molecule has 0 aromatic heterocycles. The van der Waals surface area contributed by atoms with Crippen LogP contribution in [0.3, 0.4) is 0 Å². The number of halogens is 2. The van der Waals surface area contributed by atoms with Crippen molar-refractivity contribution >= 4 is 34.7 Å². The smallest absolute Gasteiger partial charge is 0.182 e. The SMILES string of the molecule is CC1(C)O[C@@H]2C[C@H]3[C@@H]4CC(=O)C5=CC(=O)CC[C@]5(C)[C@@]4(F)C(=O)C[C@]3(C)[C@]2(C(=O)CCl)O1. The molecule has 4 aliphatic carbocycles. The van der Waals surface area contributed by atoms with E-state index in [-0.39, 0.29) is 54.5 Å². The number of alkyl halides is 2. The van der Waals surface area contributed by atoms with Crippen molar-refractivity contribution in [2.75, 3.05) is 5.88 Å². The van der Waals surface area contributed by atoms with E-state index < -0.39 is 51.6 Å². The predicted octanol–water partition coefficient (Wildman–Crippen LogP) is 3.28. The second-order valence-electron chi connectivity index (χ2n) is 11.1. The average Bonchev–Trinajstić information content (AvgIpc) is 3.11. The van der Waals surface area contributed by atoms with Crippen molar-refractivity contribution in [1.29, 1.82) is 0 Å². The first-order valence-electron chi connectivity index (χ1n) is 11.2. The molecule has 3 saturated carbocycles. The lowest BCUT2D eigenvalue weighted by Crippen LogP contribution is -2.70. The molecule has 4 fully saturated rings. The molecule has 174 valence electrons. The van der Waals surface area contributed by atoms with Crippen molar-refractivity contribution in [3.63, 3.8) is 0 Å². The van der Waals surface area contributed by atoms with Crippen molar-refractivity contribution in [1.82, 2.24) is 0 Å². The Morgan fingerprint density at radius 2 is 1.88 bits per heavy atom. The quantitative estimate of drug-likeness (QED) is 0.580. The van der Waals surface area contributed by atoms with Crippen LogP contribution in [-0.4, -0.2) is 52.2 Å². The minimum absolute atomic E-state index is 0.0958. The van der Waals surface area contributed by atoms with Gasteiger partial charge in [-0.05, 0) is 38.7 Å². The second kappa shape index (κ2) is 6.36. The Bertz CT molecular complexity index is 1000. The maximum absolute atomic E-state index is 17.1. The molecule has 5 aliphatic rings. The third kappa shape index (κ3) is 2.33. The maximum atomic E-state index is 17.1. The second-order valence-corrected chi connectivity index (χ2v) is 11.3. The number of fused-ring (bicyclic) bond motifs is 7. The third-order valence-corrected chi connectivity index (χ3v) is 9.41. The van der Waals surface area contributed by atoms with Crippen LogP contribution in [0.15, 0.2) is 11.6 Å². The Kier molecular flexibility index (Phi) is 4.45. The highest BCUT2D eigenvalue weighted by molar-refractivity contribution is 6.29. The van der Waals surface area contributed by atoms with E-state index in [2.05, 4.69) is 0 Å². The Morgan fingerprint density at radius 1 is 1.19 bits per heavy atom. The fraction of sp³-hybridized carbons (Fsp3) is 0.750. The van der Waals surface area contributed by atoms with Crippen LogP contribution in [0, 0.1) is 22.7 Å². The van der Waals surface area contributed by atoms with Crippen molar-refractivity contribution in [2.24, 2.45) is 22.7 Å². The van der Waals surface area contributed by atoms with Crippen LogP contribution in [0.1, 0.15) is 59.8 Å². The number of rotatable bonds is 2. The van der Waals surface area contributed by atoms with E-state index in [0.717, 1.165) is 0 Å². The largest absolute Gasteiger partial charge is 0.344 e. The minimum atomic E-state index is -2.29. The van der Waals surface area contributed by atoms with Gasteiger partial charge in [-0.25, -0.2) is 4.39 Å². The zero-order valence-electron chi connectivity index (χ0n) is 18.8. The molecule has 0 amide bonds. The van der Waals surface area contributed by atoms with Crippen LogP contribution in [0.5, 0.6) is 0 Å². The summed E-state index contributed by atoms with van der Waals surface area (Å²) in [4.78, 5) is 52.1. The van der Waals surface area contributed by atoms with Crippen LogP contribution in [0.25, 0.3) is 0 Å². The van der Waals surface area contributed by atoms with Gasteiger partial charge in [0.1, 0.15) is 0 Å². The maximum Gasteiger partial charge on any atom is 0.182 e. The standard InChI is InChI=1S/C24H28ClFO6/c1-20(2)31-19-9-13-14-8-16(28)15-7-12(27)5-6-21(15,3)23(14,26)17(29)10-22(13,4)24(19,32-20)18(30)11-25/h7,13-14,19H,5-6,8-11H2,1-4H3/t13-,14-,19+,21-,22-,23-,24+/m0/s1. The van der Waals surface area contributed by atoms with Crippen LogP contribution in [0.4, 0.5) is 4.39 Å². The predicted molar refractivity (Wildman–Crippen MR) is 112 cm³/mol. The minimum Gasteiger partial charge on any atom is -0.344 e. The van der Waals surface area contributed by atoms with Gasteiger partial charge in [0.25, 0.3) is 0 Å². The monoisotopic (exact) mass is 466 g/mol. The van der Waals surface area contributed by atoms with Crippen LogP contribution >= 0.6 is 11.6 Å². The number of ketones is 4. The Labute approximate surface area is 191 Å². The van der Waals surface area contributed by atoms with E-state index in [9.17, 15) is 19.2 Å². The molecule has 6 nitrogen and oxygen atoms in total. The molecule has 0 aromatic carbocycles. The molecular weight excluding hydrogens is 439 g/mol. The molecule has 1 heterocycles. The summed E-state index contributed by atoms with van der Waals surface area (Å²) >= 11 is 5.99. The number of carbonyl (C=O) groups is 4. The van der Waals surface area contributed by atoms with Gasteiger partial charge < -0.3 is 9.47 Å². The number of Topliss-reactive ketones (excluding diaryl/α,β-unsaturated/α-hetero) is 3. The molecule has 0 bridgehead atoms. The Balaban J connectivity index is 1.67. The fourth-order valence-electron chi connectivity index (χ4n) is 7.81. The highest BCUT2D eigenvalue weighted by Gasteiger charge is 2.80. The van der Waals surface area contributed by atoms with Gasteiger partial charge in [-0.15, -0.1) is 11.6 Å². The van der Waals surface area contributed by atoms with E-state index >= 15 is 4.39 Å². The first kappa shape index (κ1) is 22.4. The summed E-state index contributed by atoms with van der Waals surface area (Å²) in [6.45, 7) is 6.80. The average molecular weight is 467 g/mol. The lowest BCUT2D eigenvalue weighted by molar-refractivity contribution is -0.221. The number of allylic oxidation sites excluding steroid dienone is 1. The Hall–Kier alpha value is -1.44. The topological polar surface area (TPSA) is 86.7 Å². The lowest BCUT2D eigenvalue weighted by Gasteiger charge is -2.60. The fourth-order valence-corrected chi connectivity index (χ4v) is 8.01. The third-order valence-electron chi connectivity index (χ3n) is 9.17. The van der Waals surface area contributed by atoms with Crippen molar-refractivity contribution in [2.45, 2.75) is 83.0 Å². The van der Waals surface area contributed by atoms with E-state index in [1.165, 1.54) is 6.08 Å². The zero-order chi connectivity index (χ0) is 23.5. The molecular formula is C24H28ClFO6. The van der Waals surface area contributed by atoms with Gasteiger partial charge in [-0.1, -0.05) is 13.8 Å². The summed E-state index contributed by atoms with van der Waals surface area (Å²) in [6.07, 6.45) is 0.669. The molecule has 1 saturated heterocycles. The normalized spacial score (nSPS) is 49.1. The van der Waals surface area contributed by atoms with Crippen molar-refractivity contribution in [3.8, 4) is 0 Å². The van der Waals surface area contributed by atoms with Gasteiger partial charge in [-0.3, -0.25) is 19.2 Å². The lowest BCUT2D eigenvalue weighted by atomic mass is 9.44. The van der Waals surface area contributed by atoms with E-state index in [1.54, 1.807) is 27.7 Å². The molecule has 32 heavy (non-hydrogen) atoms. The molecule has 0 radical (unpaired) electrons. The summed E-state index contributed by atoms with van der Waals surface area (Å²) in [5.74, 6) is -4.30. The number of hydrogen-bond donors (Lipinski definition) is 0. The molecule has 0 unspecified atom stereocenters. The summed E-state index contributed by atoms with van der Waals surface area (Å²) in [6, 6.07) is 0. The van der Waals surface area contributed by atoms with Gasteiger partial charge in [0, 0.05) is 41.6 Å². The number of ether oxygens (including phenoxy) is 2. The molecule has 1 aliphatic heterocycles. The van der Waals surface area contributed by atoms with Gasteiger partial charge in [-0.2, -0.15) is 0 Å². The molecule has 0 N–H and O–H groups in total. The van der Waals surface area contributed by atoms with Gasteiger partial charge in [0.05, 0.1) is 12.0 Å². The van der Waals surface area contributed by atoms with Gasteiger partial charge in [0.15, 0.2) is 40.2 Å². The van der Waals surface area contributed by atoms with E-state index in [0.29, 0.717) is 6.42 Å². The van der Waals surface area contributed by atoms with Crippen LogP contribution < -0.4 is 0 Å². The summed E-state index contributed by atoms with van der Waals surface area (Å²) in [5.41, 5.74) is -6.05. The highest BCUT2D eigenvalue weighted by Crippen LogP contribution is 2.71. The van der Waals surface area contributed by atoms with E-state index in [1.807, 2.05) is 0 Å². The van der Waals surface area contributed by atoms with Crippen LogP contribution in [-0.2, 0) is 28.7 Å². The van der Waals surface area contributed by atoms with Gasteiger partial charge in [0.2, 0.25) is 0 Å². The first-order chi connectivity index (χ1) is 14.8. The summed E-state index contributed by atoms with van der Waals surface area (Å²) < 4.78 is 29.5. The van der Waals surface area contributed by atoms with E-state index in [4.69, 9.17) is 21.1 Å². The van der Waals surface area contributed by atoms with Crippen molar-refractivity contribution < 1.29 is 33.0 Å². The summed E-state index contributed by atoms with van der Waals surface area (Å²) in [5, 5.41) is 0. The molecule has 0 aromatic rings. The Morgan fingerprint density at radius 3 is 2.53 bits per heavy atom. The molecule has 0 spiro atoms. The van der Waals surface area contributed by atoms with Crippen LogP contribution in [0.2, 0.25) is 0 Å². The molecule has 8 heteroatoms. The van der Waals surface area contributed by atoms with Crippen molar-refractivity contribution in [3.05, 3.63) is 11.6 Å². The highest BCUT2D eigenvalue weighted by atomic mass is 35.5. The first-order valence-corrected chi connectivity index (χ1v) is 11.8. The molecule has 5 rings (SSSR count). The number of carbonyl (C=O) groups excluding carboxylic acids is 4. The van der Waals surface area contributed by atoms with Gasteiger partial charge >= 0.3 is 0 Å². The number of hydrogen-bond acceptors (Lipinski definition) is 6. The molecule has 7 atom stereocenters. The summed E-state index contributed by atoms with van der Waals surface area (Å²) in [7, 11) is 0. The zero-order valence-corrected chi connectivity index (χ0v) is 19.5.